The molecular weight excluding hydrogens is 302 g/mol. The second-order valence-electron chi connectivity index (χ2n) is 6.30. The Hall–Kier alpha value is -2.24. The van der Waals surface area contributed by atoms with E-state index in [1.807, 2.05) is 29.2 Å². The third-order valence-electron chi connectivity index (χ3n) is 4.80. The maximum atomic E-state index is 13.3. The van der Waals surface area contributed by atoms with Crippen LogP contribution in [0.2, 0.25) is 0 Å². The summed E-state index contributed by atoms with van der Waals surface area (Å²) in [5.41, 5.74) is 3.45. The Morgan fingerprint density at radius 2 is 1.75 bits per heavy atom. The summed E-state index contributed by atoms with van der Waals surface area (Å²) in [5.74, 6) is 0.154. The molecule has 0 saturated carbocycles. The standard InChI is InChI=1S/C19H21N3O2/c23-19(22-13-16-4-1-2-5-17(16)14-22)18(15-6-3-7-20-12-15)21-8-10-24-11-9-21/h1-7,12,18H,8-11,13-14H2/t18-/m0/s1. The van der Waals surface area contributed by atoms with E-state index in [0.717, 1.165) is 18.7 Å². The molecule has 1 fully saturated rings. The predicted molar refractivity (Wildman–Crippen MR) is 90.1 cm³/mol. The lowest BCUT2D eigenvalue weighted by atomic mass is 10.1. The molecule has 1 atom stereocenters. The van der Waals surface area contributed by atoms with E-state index < -0.39 is 0 Å². The summed E-state index contributed by atoms with van der Waals surface area (Å²) in [5, 5.41) is 0. The summed E-state index contributed by atoms with van der Waals surface area (Å²) < 4.78 is 5.46. The Morgan fingerprint density at radius 1 is 1.04 bits per heavy atom. The zero-order valence-corrected chi connectivity index (χ0v) is 13.6. The lowest BCUT2D eigenvalue weighted by molar-refractivity contribution is -0.139. The average Bonchev–Trinajstić information content (AvgIpc) is 3.08. The normalized spacial score (nSPS) is 19.1. The van der Waals surface area contributed by atoms with Crippen LogP contribution in [0.25, 0.3) is 0 Å². The molecule has 1 aromatic heterocycles. The number of ether oxygens (including phenoxy) is 1. The summed E-state index contributed by atoms with van der Waals surface area (Å²) in [7, 11) is 0. The van der Waals surface area contributed by atoms with E-state index >= 15 is 0 Å². The Kier molecular flexibility index (Phi) is 4.28. The maximum absolute atomic E-state index is 13.3. The van der Waals surface area contributed by atoms with Crippen LogP contribution in [0.4, 0.5) is 0 Å². The molecule has 5 nitrogen and oxygen atoms in total. The minimum absolute atomic E-state index is 0.154. The topological polar surface area (TPSA) is 45.7 Å². The number of amides is 1. The molecule has 2 aliphatic heterocycles. The van der Waals surface area contributed by atoms with Crippen molar-refractivity contribution in [3.8, 4) is 0 Å². The molecule has 0 aliphatic carbocycles. The van der Waals surface area contributed by atoms with Crippen molar-refractivity contribution in [1.29, 1.82) is 0 Å². The lowest BCUT2D eigenvalue weighted by Gasteiger charge is -2.35. The first-order chi connectivity index (χ1) is 11.8. The molecule has 0 spiro atoms. The molecule has 0 radical (unpaired) electrons. The van der Waals surface area contributed by atoms with Crippen molar-refractivity contribution >= 4 is 5.91 Å². The van der Waals surface area contributed by atoms with Crippen LogP contribution >= 0.6 is 0 Å². The van der Waals surface area contributed by atoms with Crippen LogP contribution in [0.15, 0.2) is 48.8 Å². The van der Waals surface area contributed by atoms with Crippen LogP contribution in [0, 0.1) is 0 Å². The van der Waals surface area contributed by atoms with E-state index in [4.69, 9.17) is 4.74 Å². The van der Waals surface area contributed by atoms with Crippen molar-refractivity contribution in [1.82, 2.24) is 14.8 Å². The largest absolute Gasteiger partial charge is 0.379 e. The highest BCUT2D eigenvalue weighted by atomic mass is 16.5. The number of nitrogens with zero attached hydrogens (tertiary/aromatic N) is 3. The minimum Gasteiger partial charge on any atom is -0.379 e. The molecule has 1 aromatic carbocycles. The van der Waals surface area contributed by atoms with Gasteiger partial charge in [-0.1, -0.05) is 30.3 Å². The van der Waals surface area contributed by atoms with Crippen LogP contribution in [0.3, 0.4) is 0 Å². The first kappa shape index (κ1) is 15.3. The van der Waals surface area contributed by atoms with Crippen molar-refractivity contribution in [2.45, 2.75) is 19.1 Å². The fourth-order valence-electron chi connectivity index (χ4n) is 3.54. The van der Waals surface area contributed by atoms with Crippen molar-refractivity contribution in [3.05, 3.63) is 65.5 Å². The van der Waals surface area contributed by atoms with Crippen LogP contribution in [-0.2, 0) is 22.6 Å². The van der Waals surface area contributed by atoms with Gasteiger partial charge in [0, 0.05) is 38.6 Å². The van der Waals surface area contributed by atoms with Gasteiger partial charge in [-0.3, -0.25) is 14.7 Å². The van der Waals surface area contributed by atoms with Crippen LogP contribution in [0.5, 0.6) is 0 Å². The molecule has 2 aliphatic rings. The molecule has 124 valence electrons. The van der Waals surface area contributed by atoms with Gasteiger partial charge in [0.15, 0.2) is 0 Å². The SMILES string of the molecule is O=C([C@H](c1cccnc1)N1CCOCC1)N1Cc2ccccc2C1. The van der Waals surface area contributed by atoms with Gasteiger partial charge < -0.3 is 9.64 Å². The van der Waals surface area contributed by atoms with Gasteiger partial charge in [0.1, 0.15) is 6.04 Å². The summed E-state index contributed by atoms with van der Waals surface area (Å²) in [4.78, 5) is 21.7. The average molecular weight is 323 g/mol. The van der Waals surface area contributed by atoms with Crippen molar-refractivity contribution in [2.75, 3.05) is 26.3 Å². The van der Waals surface area contributed by atoms with Crippen molar-refractivity contribution in [2.24, 2.45) is 0 Å². The summed E-state index contributed by atoms with van der Waals surface area (Å²) in [6.07, 6.45) is 3.55. The number of hydrogen-bond acceptors (Lipinski definition) is 4. The molecule has 3 heterocycles. The third-order valence-corrected chi connectivity index (χ3v) is 4.80. The van der Waals surface area contributed by atoms with Crippen molar-refractivity contribution < 1.29 is 9.53 Å². The lowest BCUT2D eigenvalue weighted by Crippen LogP contribution is -2.46. The number of rotatable bonds is 3. The predicted octanol–water partition coefficient (Wildman–Crippen LogP) is 2.00. The van der Waals surface area contributed by atoms with E-state index in [1.165, 1.54) is 11.1 Å². The maximum Gasteiger partial charge on any atom is 0.245 e. The fraction of sp³-hybridized carbons (Fsp3) is 0.368. The van der Waals surface area contributed by atoms with E-state index in [2.05, 4.69) is 22.0 Å². The van der Waals surface area contributed by atoms with Gasteiger partial charge in [0.05, 0.1) is 13.2 Å². The highest BCUT2D eigenvalue weighted by molar-refractivity contribution is 5.83. The molecule has 0 bridgehead atoms. The number of morpholine rings is 1. The van der Waals surface area contributed by atoms with Gasteiger partial charge in [0.2, 0.25) is 5.91 Å². The van der Waals surface area contributed by atoms with Crippen molar-refractivity contribution in [3.63, 3.8) is 0 Å². The second kappa shape index (κ2) is 6.71. The zero-order chi connectivity index (χ0) is 16.4. The molecule has 1 amide bonds. The summed E-state index contributed by atoms with van der Waals surface area (Å²) in [6, 6.07) is 11.9. The number of carbonyl (C=O) groups is 1. The van der Waals surface area contributed by atoms with Gasteiger partial charge >= 0.3 is 0 Å². The highest BCUT2D eigenvalue weighted by Gasteiger charge is 2.34. The highest BCUT2D eigenvalue weighted by Crippen LogP contribution is 2.29. The molecule has 1 saturated heterocycles. The monoisotopic (exact) mass is 323 g/mol. The molecule has 24 heavy (non-hydrogen) atoms. The molecule has 4 rings (SSSR count). The Labute approximate surface area is 141 Å². The Bertz CT molecular complexity index is 689. The van der Waals surface area contributed by atoms with Gasteiger partial charge in [-0.2, -0.15) is 0 Å². The summed E-state index contributed by atoms with van der Waals surface area (Å²) in [6.45, 7) is 4.26. The first-order valence-corrected chi connectivity index (χ1v) is 8.40. The van der Waals surface area contributed by atoms with Gasteiger partial charge in [-0.05, 0) is 22.8 Å². The van der Waals surface area contributed by atoms with Crippen LogP contribution in [-0.4, -0.2) is 47.0 Å². The second-order valence-corrected chi connectivity index (χ2v) is 6.30. The Balaban J connectivity index is 1.60. The van der Waals surface area contributed by atoms with E-state index in [9.17, 15) is 4.79 Å². The van der Waals surface area contributed by atoms with Gasteiger partial charge in [-0.25, -0.2) is 0 Å². The summed E-state index contributed by atoms with van der Waals surface area (Å²) >= 11 is 0. The zero-order valence-electron chi connectivity index (χ0n) is 13.6. The van der Waals surface area contributed by atoms with E-state index in [0.29, 0.717) is 26.3 Å². The third kappa shape index (κ3) is 2.92. The van der Waals surface area contributed by atoms with E-state index in [-0.39, 0.29) is 11.9 Å². The Morgan fingerprint density at radius 3 is 2.38 bits per heavy atom. The molecule has 0 unspecified atom stereocenters. The van der Waals surface area contributed by atoms with E-state index in [1.54, 1.807) is 12.4 Å². The number of fused-ring (bicyclic) bond motifs is 1. The van der Waals surface area contributed by atoms with Gasteiger partial charge in [-0.15, -0.1) is 0 Å². The van der Waals surface area contributed by atoms with Crippen LogP contribution < -0.4 is 0 Å². The molecule has 2 aromatic rings. The minimum atomic E-state index is -0.281. The van der Waals surface area contributed by atoms with Gasteiger partial charge in [0.25, 0.3) is 0 Å². The quantitative estimate of drug-likeness (QED) is 0.867. The number of pyridine rings is 1. The molecule has 0 N–H and O–H groups in total. The number of aromatic nitrogens is 1. The number of benzene rings is 1. The number of hydrogen-bond donors (Lipinski definition) is 0. The molecule has 5 heteroatoms. The molecular formula is C19H21N3O2. The first-order valence-electron chi connectivity index (χ1n) is 8.40. The smallest absolute Gasteiger partial charge is 0.245 e. The van der Waals surface area contributed by atoms with Crippen LogP contribution in [0.1, 0.15) is 22.7 Å². The number of carbonyl (C=O) groups excluding carboxylic acids is 1. The fourth-order valence-corrected chi connectivity index (χ4v) is 3.54.